The van der Waals surface area contributed by atoms with Crippen molar-refractivity contribution in [2.75, 3.05) is 0 Å². The van der Waals surface area contributed by atoms with E-state index in [9.17, 15) is 31.1 Å². The van der Waals surface area contributed by atoms with Gasteiger partial charge in [0.2, 0.25) is 11.9 Å². The molecule has 0 aliphatic carbocycles. The van der Waals surface area contributed by atoms with E-state index < -0.39 is 36.8 Å². The summed E-state index contributed by atoms with van der Waals surface area (Å²) in [5, 5.41) is 8.56. The van der Waals surface area contributed by atoms with Gasteiger partial charge in [-0.2, -0.15) is 26.3 Å². The van der Waals surface area contributed by atoms with Gasteiger partial charge in [-0.25, -0.2) is 4.79 Å². The Hall–Kier alpha value is -1.71. The van der Waals surface area contributed by atoms with Gasteiger partial charge in [0, 0.05) is 5.56 Å². The number of carboxylic acids is 1. The van der Waals surface area contributed by atoms with Gasteiger partial charge < -0.3 is 14.3 Å². The molecule has 0 saturated carbocycles. The van der Waals surface area contributed by atoms with Crippen molar-refractivity contribution >= 4 is 5.97 Å². The number of rotatable bonds is 4. The number of hydrogen-bond acceptors (Lipinski definition) is 3. The highest BCUT2D eigenvalue weighted by Crippen LogP contribution is 2.36. The molecule has 1 aromatic heterocycles. The first-order valence-electron chi connectivity index (χ1n) is 5.00. The van der Waals surface area contributed by atoms with Gasteiger partial charge in [-0.15, -0.1) is 0 Å². The molecule has 1 aromatic rings. The SMILES string of the molecule is Cc1oc(C(=O)O)cc1COC(C(F)(F)F)C(F)(F)F. The topological polar surface area (TPSA) is 59.7 Å². The molecule has 0 atom stereocenters. The first-order chi connectivity index (χ1) is 8.93. The second kappa shape index (κ2) is 5.35. The summed E-state index contributed by atoms with van der Waals surface area (Å²) in [6, 6.07) is 0.807. The maximum absolute atomic E-state index is 12.2. The average Bonchev–Trinajstić information content (AvgIpc) is 2.56. The monoisotopic (exact) mass is 306 g/mol. The Bertz CT molecular complexity index is 473. The summed E-state index contributed by atoms with van der Waals surface area (Å²) in [7, 11) is 0. The molecule has 10 heteroatoms. The highest BCUT2D eigenvalue weighted by atomic mass is 19.4. The van der Waals surface area contributed by atoms with Crippen molar-refractivity contribution in [3.63, 3.8) is 0 Å². The van der Waals surface area contributed by atoms with E-state index in [1.807, 2.05) is 0 Å². The van der Waals surface area contributed by atoms with E-state index in [4.69, 9.17) is 5.11 Å². The van der Waals surface area contributed by atoms with Crippen LogP contribution in [-0.4, -0.2) is 29.5 Å². The molecule has 114 valence electrons. The van der Waals surface area contributed by atoms with E-state index in [0.717, 1.165) is 6.07 Å². The largest absolute Gasteiger partial charge is 0.475 e. The van der Waals surface area contributed by atoms with Gasteiger partial charge in [-0.1, -0.05) is 0 Å². The third-order valence-corrected chi connectivity index (χ3v) is 2.23. The Morgan fingerprint density at radius 2 is 1.80 bits per heavy atom. The quantitative estimate of drug-likeness (QED) is 0.867. The Labute approximate surface area is 107 Å². The molecule has 0 bridgehead atoms. The molecule has 1 rings (SSSR count). The van der Waals surface area contributed by atoms with E-state index in [-0.39, 0.29) is 11.3 Å². The van der Waals surface area contributed by atoms with Crippen LogP contribution in [0.5, 0.6) is 0 Å². The minimum absolute atomic E-state index is 0.134. The lowest BCUT2D eigenvalue weighted by atomic mass is 10.2. The van der Waals surface area contributed by atoms with Crippen LogP contribution in [0.25, 0.3) is 0 Å². The molecule has 0 radical (unpaired) electrons. The van der Waals surface area contributed by atoms with Crippen LogP contribution in [0.15, 0.2) is 10.5 Å². The molecular formula is C10H8F6O4. The van der Waals surface area contributed by atoms with Crippen LogP contribution in [0.3, 0.4) is 0 Å². The van der Waals surface area contributed by atoms with E-state index in [1.165, 1.54) is 6.92 Å². The zero-order valence-corrected chi connectivity index (χ0v) is 9.80. The van der Waals surface area contributed by atoms with Gasteiger partial charge >= 0.3 is 18.3 Å². The third-order valence-electron chi connectivity index (χ3n) is 2.23. The van der Waals surface area contributed by atoms with Crippen molar-refractivity contribution < 1.29 is 45.4 Å². The summed E-state index contributed by atoms with van der Waals surface area (Å²) in [5.74, 6) is -2.23. The predicted octanol–water partition coefficient (Wildman–Crippen LogP) is 3.30. The lowest BCUT2D eigenvalue weighted by Gasteiger charge is -2.22. The number of furan rings is 1. The molecule has 20 heavy (non-hydrogen) atoms. The summed E-state index contributed by atoms with van der Waals surface area (Å²) in [6.45, 7) is 0.119. The number of aromatic carboxylic acids is 1. The van der Waals surface area contributed by atoms with Crippen LogP contribution in [0.4, 0.5) is 26.3 Å². The normalized spacial score (nSPS) is 13.0. The van der Waals surface area contributed by atoms with Gasteiger partial charge in [-0.05, 0) is 13.0 Å². The fourth-order valence-electron chi connectivity index (χ4n) is 1.32. The third kappa shape index (κ3) is 3.89. The molecule has 1 heterocycles. The average molecular weight is 306 g/mol. The lowest BCUT2D eigenvalue weighted by molar-refractivity contribution is -0.324. The van der Waals surface area contributed by atoms with Gasteiger partial charge in [0.1, 0.15) is 5.76 Å². The molecule has 0 spiro atoms. The second-order valence-corrected chi connectivity index (χ2v) is 3.77. The Morgan fingerprint density at radius 1 is 1.30 bits per heavy atom. The van der Waals surface area contributed by atoms with Crippen LogP contribution in [0.1, 0.15) is 21.9 Å². The molecule has 1 N–H and O–H groups in total. The van der Waals surface area contributed by atoms with Crippen LogP contribution < -0.4 is 0 Å². The number of hydrogen-bond donors (Lipinski definition) is 1. The highest BCUT2D eigenvalue weighted by molar-refractivity contribution is 5.84. The van der Waals surface area contributed by atoms with Crippen molar-refractivity contribution in [3.05, 3.63) is 23.2 Å². The van der Waals surface area contributed by atoms with E-state index in [1.54, 1.807) is 0 Å². The van der Waals surface area contributed by atoms with E-state index in [2.05, 4.69) is 9.15 Å². The van der Waals surface area contributed by atoms with Gasteiger partial charge in [-0.3, -0.25) is 0 Å². The molecular weight excluding hydrogens is 298 g/mol. The number of halogens is 6. The maximum atomic E-state index is 12.2. The van der Waals surface area contributed by atoms with Crippen molar-refractivity contribution in [3.8, 4) is 0 Å². The van der Waals surface area contributed by atoms with Crippen molar-refractivity contribution in [2.45, 2.75) is 32.0 Å². The lowest BCUT2D eigenvalue weighted by Crippen LogP contribution is -2.44. The zero-order chi connectivity index (χ0) is 15.7. The van der Waals surface area contributed by atoms with Crippen LogP contribution in [-0.2, 0) is 11.3 Å². The Kier molecular flexibility index (Phi) is 4.37. The standard InChI is InChI=1S/C10H8F6O4/c1-4-5(2-6(20-4)7(17)18)3-19-8(9(11,12)13)10(14,15)16/h2,8H,3H2,1H3,(H,17,18). The summed E-state index contributed by atoms with van der Waals surface area (Å²) in [4.78, 5) is 10.5. The van der Waals surface area contributed by atoms with Crippen LogP contribution in [0.2, 0.25) is 0 Å². The summed E-state index contributed by atoms with van der Waals surface area (Å²) in [5.41, 5.74) is -0.208. The molecule has 0 aliphatic heterocycles. The highest BCUT2D eigenvalue weighted by Gasteiger charge is 2.58. The van der Waals surface area contributed by atoms with E-state index in [0.29, 0.717) is 0 Å². The van der Waals surface area contributed by atoms with Gasteiger partial charge in [0.05, 0.1) is 6.61 Å². The first kappa shape index (κ1) is 16.3. The van der Waals surface area contributed by atoms with Crippen LogP contribution >= 0.6 is 0 Å². The maximum Gasteiger partial charge on any atom is 0.423 e. The molecule has 0 fully saturated rings. The van der Waals surface area contributed by atoms with Crippen molar-refractivity contribution in [1.29, 1.82) is 0 Å². The zero-order valence-electron chi connectivity index (χ0n) is 9.80. The number of alkyl halides is 6. The predicted molar refractivity (Wildman–Crippen MR) is 51.1 cm³/mol. The molecule has 0 saturated heterocycles. The second-order valence-electron chi connectivity index (χ2n) is 3.77. The molecule has 0 unspecified atom stereocenters. The molecule has 0 aromatic carbocycles. The van der Waals surface area contributed by atoms with Crippen molar-refractivity contribution in [1.82, 2.24) is 0 Å². The Balaban J connectivity index is 2.86. The fraction of sp³-hybridized carbons (Fsp3) is 0.500. The molecule has 0 aliphatic rings. The van der Waals surface area contributed by atoms with E-state index >= 15 is 0 Å². The molecule has 0 amide bonds. The summed E-state index contributed by atoms with van der Waals surface area (Å²) < 4.78 is 81.6. The number of carboxylic acid groups (broad SMARTS) is 1. The molecule has 4 nitrogen and oxygen atoms in total. The smallest absolute Gasteiger partial charge is 0.423 e. The van der Waals surface area contributed by atoms with Crippen LogP contribution in [0, 0.1) is 6.92 Å². The van der Waals surface area contributed by atoms with Crippen molar-refractivity contribution in [2.24, 2.45) is 0 Å². The number of ether oxygens (including phenoxy) is 1. The Morgan fingerprint density at radius 3 is 2.15 bits per heavy atom. The summed E-state index contributed by atoms with van der Waals surface area (Å²) in [6.07, 6.45) is -15.2. The fourth-order valence-corrected chi connectivity index (χ4v) is 1.32. The first-order valence-corrected chi connectivity index (χ1v) is 5.00. The van der Waals surface area contributed by atoms with Gasteiger partial charge in [0.15, 0.2) is 0 Å². The minimum Gasteiger partial charge on any atom is -0.475 e. The minimum atomic E-state index is -5.62. The number of carbonyl (C=O) groups is 1. The number of aryl methyl sites for hydroxylation is 1. The summed E-state index contributed by atoms with van der Waals surface area (Å²) >= 11 is 0. The van der Waals surface area contributed by atoms with Gasteiger partial charge in [0.25, 0.3) is 0 Å².